The largest absolute Gasteiger partial charge is 0.496 e. The first-order valence-electron chi connectivity index (χ1n) is 8.18. The van der Waals surface area contributed by atoms with Gasteiger partial charge in [-0.05, 0) is 49.6 Å². The summed E-state index contributed by atoms with van der Waals surface area (Å²) in [4.78, 5) is 14.0. The summed E-state index contributed by atoms with van der Waals surface area (Å²) < 4.78 is 11.2. The lowest BCUT2D eigenvalue weighted by atomic mass is 10.1. The van der Waals surface area contributed by atoms with Crippen LogP contribution in [0.1, 0.15) is 25.0 Å². The molecule has 1 fully saturated rings. The Hall–Kier alpha value is -2.69. The van der Waals surface area contributed by atoms with Gasteiger partial charge in [0.2, 0.25) is 5.91 Å². The van der Waals surface area contributed by atoms with Crippen LogP contribution in [0.4, 0.5) is 5.69 Å². The highest BCUT2D eigenvalue weighted by Crippen LogP contribution is 2.33. The molecule has 1 aliphatic rings. The van der Waals surface area contributed by atoms with E-state index in [0.717, 1.165) is 31.5 Å². The van der Waals surface area contributed by atoms with E-state index in [1.54, 1.807) is 31.4 Å². The van der Waals surface area contributed by atoms with Crippen molar-refractivity contribution < 1.29 is 13.9 Å². The zero-order chi connectivity index (χ0) is 16.9. The van der Waals surface area contributed by atoms with E-state index in [0.29, 0.717) is 23.0 Å². The minimum Gasteiger partial charge on any atom is -0.496 e. The third kappa shape index (κ3) is 3.62. The monoisotopic (exact) mass is 326 g/mol. The number of furan rings is 1. The van der Waals surface area contributed by atoms with Gasteiger partial charge in [-0.3, -0.25) is 4.79 Å². The minimum absolute atomic E-state index is 0.0396. The van der Waals surface area contributed by atoms with E-state index < -0.39 is 0 Å². The van der Waals surface area contributed by atoms with Crippen LogP contribution in [-0.2, 0) is 4.79 Å². The Morgan fingerprint density at radius 1 is 1.21 bits per heavy atom. The molecule has 1 amide bonds. The maximum absolute atomic E-state index is 12.1. The molecule has 2 N–H and O–H groups in total. The number of amides is 1. The minimum atomic E-state index is 0.0396. The standard InChI is InChI=1S/C19H22N2O3/c1-23-18-13-14(20)5-8-16(18)17-9-6-15(24-17)7-10-19(22)21-11-3-2-4-12-21/h5-10,13H,2-4,11-12,20H2,1H3/b10-7+. The second-order valence-electron chi connectivity index (χ2n) is 5.88. The number of nitrogens with two attached hydrogens (primary N) is 1. The molecule has 0 saturated carbocycles. The number of rotatable bonds is 4. The third-order valence-corrected chi connectivity index (χ3v) is 4.18. The molecule has 0 aliphatic carbocycles. The van der Waals surface area contributed by atoms with Gasteiger partial charge < -0.3 is 19.8 Å². The molecule has 1 aromatic heterocycles. The van der Waals surface area contributed by atoms with Crippen molar-refractivity contribution in [3.8, 4) is 17.1 Å². The maximum Gasteiger partial charge on any atom is 0.246 e. The number of anilines is 1. The highest BCUT2D eigenvalue weighted by molar-refractivity contribution is 5.91. The SMILES string of the molecule is COc1cc(N)ccc1-c1ccc(/C=C/C(=O)N2CCCCC2)o1. The molecule has 1 saturated heterocycles. The van der Waals surface area contributed by atoms with Crippen molar-refractivity contribution in [3.05, 3.63) is 42.2 Å². The van der Waals surface area contributed by atoms with E-state index >= 15 is 0 Å². The number of carbonyl (C=O) groups excluding carboxylic acids is 1. The first kappa shape index (κ1) is 16.2. The number of benzene rings is 1. The Labute approximate surface area is 141 Å². The number of methoxy groups -OCH3 is 1. The summed E-state index contributed by atoms with van der Waals surface area (Å²) in [6.45, 7) is 1.68. The fourth-order valence-electron chi connectivity index (χ4n) is 2.87. The summed E-state index contributed by atoms with van der Waals surface area (Å²) in [5.41, 5.74) is 7.24. The second-order valence-corrected chi connectivity index (χ2v) is 5.88. The zero-order valence-corrected chi connectivity index (χ0v) is 13.8. The van der Waals surface area contributed by atoms with Crippen LogP contribution in [0.2, 0.25) is 0 Å². The van der Waals surface area contributed by atoms with Gasteiger partial charge in [0.15, 0.2) is 0 Å². The van der Waals surface area contributed by atoms with Crippen molar-refractivity contribution in [1.29, 1.82) is 0 Å². The van der Waals surface area contributed by atoms with Gasteiger partial charge in [-0.2, -0.15) is 0 Å². The van der Waals surface area contributed by atoms with Gasteiger partial charge in [0.05, 0.1) is 12.7 Å². The van der Waals surface area contributed by atoms with Gasteiger partial charge in [-0.15, -0.1) is 0 Å². The van der Waals surface area contributed by atoms with Crippen LogP contribution in [0.5, 0.6) is 5.75 Å². The van der Waals surface area contributed by atoms with E-state index in [1.165, 1.54) is 6.42 Å². The second kappa shape index (κ2) is 7.25. The molecule has 0 atom stereocenters. The highest BCUT2D eigenvalue weighted by atomic mass is 16.5. The quantitative estimate of drug-likeness (QED) is 0.689. The number of likely N-dealkylation sites (tertiary alicyclic amines) is 1. The molecule has 0 bridgehead atoms. The average Bonchev–Trinajstić information content (AvgIpc) is 3.09. The molecule has 5 heteroatoms. The molecule has 2 heterocycles. The molecule has 3 rings (SSSR count). The Bertz CT molecular complexity index is 743. The summed E-state index contributed by atoms with van der Waals surface area (Å²) in [5, 5.41) is 0. The molecular formula is C19H22N2O3. The number of carbonyl (C=O) groups is 1. The Kier molecular flexibility index (Phi) is 4.89. The topological polar surface area (TPSA) is 68.7 Å². The number of hydrogen-bond donors (Lipinski definition) is 1. The van der Waals surface area contributed by atoms with E-state index in [-0.39, 0.29) is 5.91 Å². The average molecular weight is 326 g/mol. The lowest BCUT2D eigenvalue weighted by molar-refractivity contribution is -0.126. The molecule has 1 aliphatic heterocycles. The van der Waals surface area contributed by atoms with Crippen molar-refractivity contribution >= 4 is 17.7 Å². The van der Waals surface area contributed by atoms with Crippen LogP contribution in [0.25, 0.3) is 17.4 Å². The van der Waals surface area contributed by atoms with Gasteiger partial charge in [0.1, 0.15) is 17.3 Å². The Balaban J connectivity index is 1.73. The highest BCUT2D eigenvalue weighted by Gasteiger charge is 2.14. The number of nitrogen functional groups attached to an aromatic ring is 1. The van der Waals surface area contributed by atoms with Crippen LogP contribution >= 0.6 is 0 Å². The van der Waals surface area contributed by atoms with E-state index in [4.69, 9.17) is 14.9 Å². The summed E-state index contributed by atoms with van der Waals surface area (Å²) >= 11 is 0. The predicted octanol–water partition coefficient (Wildman–Crippen LogP) is 3.56. The fourth-order valence-corrected chi connectivity index (χ4v) is 2.87. The Morgan fingerprint density at radius 2 is 2.00 bits per heavy atom. The first-order valence-corrected chi connectivity index (χ1v) is 8.18. The van der Waals surface area contributed by atoms with Crippen molar-refractivity contribution in [2.75, 3.05) is 25.9 Å². The van der Waals surface area contributed by atoms with Crippen LogP contribution in [0.3, 0.4) is 0 Å². The normalized spacial score (nSPS) is 15.0. The van der Waals surface area contributed by atoms with Crippen molar-refractivity contribution in [2.24, 2.45) is 0 Å². The van der Waals surface area contributed by atoms with Crippen LogP contribution in [-0.4, -0.2) is 31.0 Å². The van der Waals surface area contributed by atoms with Crippen molar-refractivity contribution in [3.63, 3.8) is 0 Å². The van der Waals surface area contributed by atoms with Crippen molar-refractivity contribution in [2.45, 2.75) is 19.3 Å². The van der Waals surface area contributed by atoms with Gasteiger partial charge in [0, 0.05) is 30.9 Å². The van der Waals surface area contributed by atoms with E-state index in [1.807, 2.05) is 23.1 Å². The zero-order valence-electron chi connectivity index (χ0n) is 13.8. The fraction of sp³-hybridized carbons (Fsp3) is 0.316. The molecule has 1 aromatic carbocycles. The molecule has 126 valence electrons. The summed E-state index contributed by atoms with van der Waals surface area (Å²) in [5.74, 6) is 2.01. The lowest BCUT2D eigenvalue weighted by Crippen LogP contribution is -2.34. The molecule has 0 spiro atoms. The number of hydrogen-bond acceptors (Lipinski definition) is 4. The molecular weight excluding hydrogens is 304 g/mol. The lowest BCUT2D eigenvalue weighted by Gasteiger charge is -2.25. The third-order valence-electron chi connectivity index (χ3n) is 4.18. The van der Waals surface area contributed by atoms with Crippen LogP contribution in [0, 0.1) is 0 Å². The summed E-state index contributed by atoms with van der Waals surface area (Å²) in [6.07, 6.45) is 6.67. The molecule has 0 radical (unpaired) electrons. The van der Waals surface area contributed by atoms with E-state index in [9.17, 15) is 4.79 Å². The van der Waals surface area contributed by atoms with E-state index in [2.05, 4.69) is 0 Å². The predicted molar refractivity (Wildman–Crippen MR) is 94.6 cm³/mol. The van der Waals surface area contributed by atoms with Gasteiger partial charge >= 0.3 is 0 Å². The van der Waals surface area contributed by atoms with Crippen LogP contribution in [0.15, 0.2) is 40.8 Å². The first-order chi connectivity index (χ1) is 11.7. The molecule has 2 aromatic rings. The molecule has 5 nitrogen and oxygen atoms in total. The molecule has 24 heavy (non-hydrogen) atoms. The smallest absolute Gasteiger partial charge is 0.246 e. The maximum atomic E-state index is 12.1. The number of piperidine rings is 1. The van der Waals surface area contributed by atoms with Crippen LogP contribution < -0.4 is 10.5 Å². The summed E-state index contributed by atoms with van der Waals surface area (Å²) in [6, 6.07) is 9.12. The summed E-state index contributed by atoms with van der Waals surface area (Å²) in [7, 11) is 1.60. The van der Waals surface area contributed by atoms with Crippen molar-refractivity contribution in [1.82, 2.24) is 4.90 Å². The van der Waals surface area contributed by atoms with Gasteiger partial charge in [-0.25, -0.2) is 0 Å². The van der Waals surface area contributed by atoms with Gasteiger partial charge in [0.25, 0.3) is 0 Å². The Morgan fingerprint density at radius 3 is 2.75 bits per heavy atom. The number of nitrogens with zero attached hydrogens (tertiary/aromatic N) is 1. The van der Waals surface area contributed by atoms with Gasteiger partial charge in [-0.1, -0.05) is 0 Å². The molecule has 0 unspecified atom stereocenters. The number of ether oxygens (including phenoxy) is 1.